The van der Waals surface area contributed by atoms with Gasteiger partial charge in [0.1, 0.15) is 0 Å². The molecule has 2 aliphatic rings. The van der Waals surface area contributed by atoms with E-state index in [1.54, 1.807) is 6.92 Å². The lowest BCUT2D eigenvalue weighted by atomic mass is 10.1. The molecule has 0 atom stereocenters. The number of hydrogen-bond acceptors (Lipinski definition) is 4. The SMILES string of the molecule is Cc1c(C(=O)O)cccc1S(=O)(=O)N1CCN(CC2CC2)CC1. The normalized spacial score (nSPS) is 20.6. The van der Waals surface area contributed by atoms with Gasteiger partial charge in [0, 0.05) is 32.7 Å². The minimum Gasteiger partial charge on any atom is -0.478 e. The topological polar surface area (TPSA) is 77.9 Å². The summed E-state index contributed by atoms with van der Waals surface area (Å²) in [5.41, 5.74) is 0.346. The van der Waals surface area contributed by atoms with Crippen LogP contribution in [-0.2, 0) is 10.0 Å². The van der Waals surface area contributed by atoms with Crippen molar-refractivity contribution in [3.63, 3.8) is 0 Å². The van der Waals surface area contributed by atoms with Crippen molar-refractivity contribution in [1.29, 1.82) is 0 Å². The number of carbonyl (C=O) groups is 1. The molecular weight excluding hydrogens is 316 g/mol. The van der Waals surface area contributed by atoms with Crippen molar-refractivity contribution in [2.75, 3.05) is 32.7 Å². The van der Waals surface area contributed by atoms with Crippen LogP contribution >= 0.6 is 0 Å². The van der Waals surface area contributed by atoms with Gasteiger partial charge >= 0.3 is 5.97 Å². The molecule has 3 rings (SSSR count). The van der Waals surface area contributed by atoms with Crippen LogP contribution in [0.15, 0.2) is 23.1 Å². The molecule has 1 aliphatic heterocycles. The number of rotatable bonds is 5. The van der Waals surface area contributed by atoms with E-state index in [0.29, 0.717) is 18.7 Å². The number of sulfonamides is 1. The molecule has 1 aromatic rings. The van der Waals surface area contributed by atoms with Crippen LogP contribution in [0.5, 0.6) is 0 Å². The molecule has 1 N–H and O–H groups in total. The predicted octanol–water partition coefficient (Wildman–Crippen LogP) is 1.41. The zero-order valence-corrected chi connectivity index (χ0v) is 14.1. The molecule has 0 aromatic heterocycles. The van der Waals surface area contributed by atoms with Crippen molar-refractivity contribution >= 4 is 16.0 Å². The molecule has 23 heavy (non-hydrogen) atoms. The molecule has 1 saturated carbocycles. The average molecular weight is 338 g/mol. The van der Waals surface area contributed by atoms with E-state index in [0.717, 1.165) is 25.6 Å². The maximum absolute atomic E-state index is 12.8. The molecular formula is C16H22N2O4S. The Morgan fingerprint density at radius 2 is 1.87 bits per heavy atom. The van der Waals surface area contributed by atoms with Crippen molar-refractivity contribution in [2.24, 2.45) is 5.92 Å². The summed E-state index contributed by atoms with van der Waals surface area (Å²) >= 11 is 0. The van der Waals surface area contributed by atoms with E-state index in [9.17, 15) is 18.3 Å². The fourth-order valence-electron chi connectivity index (χ4n) is 3.08. The first-order chi connectivity index (χ1) is 10.9. The Kier molecular flexibility index (Phi) is 4.44. The summed E-state index contributed by atoms with van der Waals surface area (Å²) in [6.45, 7) is 5.04. The molecule has 126 valence electrons. The molecule has 0 radical (unpaired) electrons. The summed E-state index contributed by atoms with van der Waals surface area (Å²) in [4.78, 5) is 13.6. The summed E-state index contributed by atoms with van der Waals surface area (Å²) in [6, 6.07) is 4.42. The standard InChI is InChI=1S/C16H22N2O4S/c1-12-14(16(19)20)3-2-4-15(12)23(21,22)18-9-7-17(8-10-18)11-13-5-6-13/h2-4,13H,5-11H2,1H3,(H,19,20). The van der Waals surface area contributed by atoms with Crippen LogP contribution < -0.4 is 0 Å². The third-order valence-electron chi connectivity index (χ3n) is 4.68. The van der Waals surface area contributed by atoms with Gasteiger partial charge in [-0.25, -0.2) is 13.2 Å². The Labute approximate surface area is 136 Å². The third-order valence-corrected chi connectivity index (χ3v) is 6.72. The molecule has 7 heteroatoms. The van der Waals surface area contributed by atoms with Crippen molar-refractivity contribution in [3.05, 3.63) is 29.3 Å². The maximum atomic E-state index is 12.8. The van der Waals surface area contributed by atoms with Crippen LogP contribution in [0, 0.1) is 12.8 Å². The largest absolute Gasteiger partial charge is 0.478 e. The van der Waals surface area contributed by atoms with Crippen molar-refractivity contribution < 1.29 is 18.3 Å². The quantitative estimate of drug-likeness (QED) is 0.878. The van der Waals surface area contributed by atoms with Crippen LogP contribution in [-0.4, -0.2) is 61.4 Å². The zero-order chi connectivity index (χ0) is 16.6. The summed E-state index contributed by atoms with van der Waals surface area (Å²) in [5.74, 6) is -0.304. The summed E-state index contributed by atoms with van der Waals surface area (Å²) in [7, 11) is -3.64. The minimum absolute atomic E-state index is 0.0402. The number of carboxylic acids is 1. The van der Waals surface area contributed by atoms with Gasteiger partial charge in [-0.05, 0) is 43.4 Å². The maximum Gasteiger partial charge on any atom is 0.335 e. The van der Waals surface area contributed by atoms with E-state index in [-0.39, 0.29) is 10.5 Å². The first kappa shape index (κ1) is 16.4. The Morgan fingerprint density at radius 1 is 1.22 bits per heavy atom. The number of piperazine rings is 1. The second kappa shape index (κ2) is 6.22. The predicted molar refractivity (Wildman–Crippen MR) is 86.1 cm³/mol. The number of benzene rings is 1. The Morgan fingerprint density at radius 3 is 2.43 bits per heavy atom. The first-order valence-corrected chi connectivity index (χ1v) is 9.39. The van der Waals surface area contributed by atoms with Gasteiger partial charge < -0.3 is 10.0 Å². The number of nitrogens with zero attached hydrogens (tertiary/aromatic N) is 2. The average Bonchev–Trinajstić information content (AvgIpc) is 3.31. The van der Waals surface area contributed by atoms with Crippen LogP contribution in [0.25, 0.3) is 0 Å². The molecule has 0 amide bonds. The van der Waals surface area contributed by atoms with Crippen LogP contribution in [0.1, 0.15) is 28.8 Å². The van der Waals surface area contributed by atoms with E-state index in [1.165, 1.54) is 35.3 Å². The van der Waals surface area contributed by atoms with Gasteiger partial charge in [-0.1, -0.05) is 6.07 Å². The van der Waals surface area contributed by atoms with Crippen LogP contribution in [0.2, 0.25) is 0 Å². The lowest BCUT2D eigenvalue weighted by Gasteiger charge is -2.34. The highest BCUT2D eigenvalue weighted by molar-refractivity contribution is 7.89. The summed E-state index contributed by atoms with van der Waals surface area (Å²) in [5, 5.41) is 9.18. The van der Waals surface area contributed by atoms with Gasteiger partial charge in [0.15, 0.2) is 0 Å². The molecule has 1 heterocycles. The molecule has 0 spiro atoms. The molecule has 0 bridgehead atoms. The fraction of sp³-hybridized carbons (Fsp3) is 0.562. The van der Waals surface area contributed by atoms with E-state index >= 15 is 0 Å². The van der Waals surface area contributed by atoms with E-state index in [2.05, 4.69) is 4.90 Å². The second-order valence-electron chi connectivity index (χ2n) is 6.38. The van der Waals surface area contributed by atoms with Crippen LogP contribution in [0.4, 0.5) is 0 Å². The highest BCUT2D eigenvalue weighted by atomic mass is 32.2. The van der Waals surface area contributed by atoms with Gasteiger partial charge in [0.25, 0.3) is 0 Å². The van der Waals surface area contributed by atoms with Gasteiger partial charge in [0.05, 0.1) is 10.5 Å². The van der Waals surface area contributed by atoms with Gasteiger partial charge in [-0.3, -0.25) is 0 Å². The highest BCUT2D eigenvalue weighted by Gasteiger charge is 2.32. The molecule has 1 aromatic carbocycles. The lowest BCUT2D eigenvalue weighted by molar-refractivity contribution is 0.0696. The van der Waals surface area contributed by atoms with Crippen molar-refractivity contribution in [2.45, 2.75) is 24.7 Å². The molecule has 1 aliphatic carbocycles. The number of hydrogen-bond donors (Lipinski definition) is 1. The smallest absolute Gasteiger partial charge is 0.335 e. The third kappa shape index (κ3) is 3.41. The van der Waals surface area contributed by atoms with Gasteiger partial charge in [-0.2, -0.15) is 4.31 Å². The Bertz CT molecular complexity index is 705. The molecule has 6 nitrogen and oxygen atoms in total. The minimum atomic E-state index is -3.64. The molecule has 0 unspecified atom stereocenters. The van der Waals surface area contributed by atoms with E-state index < -0.39 is 16.0 Å². The zero-order valence-electron chi connectivity index (χ0n) is 13.2. The summed E-state index contributed by atoms with van der Waals surface area (Å²) < 4.78 is 27.2. The van der Waals surface area contributed by atoms with Gasteiger partial charge in [-0.15, -0.1) is 0 Å². The second-order valence-corrected chi connectivity index (χ2v) is 8.29. The number of carboxylic acid groups (broad SMARTS) is 1. The molecule has 2 fully saturated rings. The van der Waals surface area contributed by atoms with Crippen LogP contribution in [0.3, 0.4) is 0 Å². The first-order valence-electron chi connectivity index (χ1n) is 7.95. The Hall–Kier alpha value is -1.44. The monoisotopic (exact) mass is 338 g/mol. The highest BCUT2D eigenvalue weighted by Crippen LogP contribution is 2.30. The lowest BCUT2D eigenvalue weighted by Crippen LogP contribution is -2.49. The van der Waals surface area contributed by atoms with Gasteiger partial charge in [0.2, 0.25) is 10.0 Å². The van der Waals surface area contributed by atoms with Crippen molar-refractivity contribution in [3.8, 4) is 0 Å². The Balaban J connectivity index is 1.77. The van der Waals surface area contributed by atoms with E-state index in [4.69, 9.17) is 0 Å². The molecule has 1 saturated heterocycles. The van der Waals surface area contributed by atoms with Crippen molar-refractivity contribution in [1.82, 2.24) is 9.21 Å². The van der Waals surface area contributed by atoms with E-state index in [1.807, 2.05) is 0 Å². The fourth-order valence-corrected chi connectivity index (χ4v) is 4.75. The number of aromatic carboxylic acids is 1. The summed E-state index contributed by atoms with van der Waals surface area (Å²) in [6.07, 6.45) is 2.58.